The number of phenols is 1. The number of benzene rings is 1. The molecule has 9 unspecified atom stereocenters. The highest BCUT2D eigenvalue weighted by Crippen LogP contribution is 2.56. The Balaban J connectivity index is 1.68. The summed E-state index contributed by atoms with van der Waals surface area (Å²) in [7, 11) is 1.64. The molecule has 3 aliphatic heterocycles. The molecule has 3 N–H and O–H groups in total. The molecule has 4 rings (SSSR count). The van der Waals surface area contributed by atoms with E-state index in [9.17, 15) is 24.9 Å². The lowest BCUT2D eigenvalue weighted by molar-refractivity contribution is -0.371. The summed E-state index contributed by atoms with van der Waals surface area (Å²) in [4.78, 5) is 26.0. The average molecular weight is 591 g/mol. The quantitative estimate of drug-likeness (QED) is 0.394. The van der Waals surface area contributed by atoms with Crippen molar-refractivity contribution in [3.63, 3.8) is 0 Å². The first-order valence-electron chi connectivity index (χ1n) is 14.8. The van der Waals surface area contributed by atoms with Gasteiger partial charge in [-0.25, -0.2) is 4.79 Å². The van der Waals surface area contributed by atoms with Crippen molar-refractivity contribution in [2.75, 3.05) is 7.11 Å². The van der Waals surface area contributed by atoms with Gasteiger partial charge >= 0.3 is 11.9 Å². The van der Waals surface area contributed by atoms with Crippen LogP contribution in [0.15, 0.2) is 36.1 Å². The van der Waals surface area contributed by atoms with Crippen molar-refractivity contribution in [1.29, 1.82) is 0 Å². The smallest absolute Gasteiger partial charge is 0.334 e. The highest BCUT2D eigenvalue weighted by atomic mass is 16.7. The van der Waals surface area contributed by atoms with Gasteiger partial charge in [0.1, 0.15) is 29.3 Å². The Bertz CT molecular complexity index is 1170. The van der Waals surface area contributed by atoms with Crippen LogP contribution in [0.3, 0.4) is 0 Å². The number of rotatable bonds is 7. The summed E-state index contributed by atoms with van der Waals surface area (Å²) in [5.74, 6) is -2.83. The standard InChI is InChI=1S/C32H46O10/c1-18(11-12-23(38-7)21-9-8-10-22(34)13-21)29-19(2)25-16-32(42-29)30(4,5)17-31(6,37)26(41-32)15-28(36)39-24(20(3)33)14-27(35)40-25/h8-10,13,15,18-20,23-25,29,33-34,37H,11-12,14,16-17H2,1-7H3. The van der Waals surface area contributed by atoms with Gasteiger partial charge in [-0.3, -0.25) is 4.79 Å². The van der Waals surface area contributed by atoms with Gasteiger partial charge in [0.15, 0.2) is 0 Å². The van der Waals surface area contributed by atoms with E-state index in [4.69, 9.17) is 23.7 Å². The molecule has 3 heterocycles. The minimum absolute atomic E-state index is 0.00565. The lowest BCUT2D eigenvalue weighted by Gasteiger charge is -2.59. The van der Waals surface area contributed by atoms with Gasteiger partial charge in [0.2, 0.25) is 5.79 Å². The number of aliphatic hydroxyl groups is 2. The number of carbonyl (C=O) groups excluding carboxylic acids is 2. The van der Waals surface area contributed by atoms with Crippen LogP contribution in [0.25, 0.3) is 0 Å². The predicted molar refractivity (Wildman–Crippen MR) is 152 cm³/mol. The van der Waals surface area contributed by atoms with Gasteiger partial charge < -0.3 is 39.0 Å². The summed E-state index contributed by atoms with van der Waals surface area (Å²) < 4.78 is 30.5. The largest absolute Gasteiger partial charge is 0.508 e. The molecule has 234 valence electrons. The number of aliphatic hydroxyl groups excluding tert-OH is 1. The van der Waals surface area contributed by atoms with Crippen molar-refractivity contribution >= 4 is 11.9 Å². The Kier molecular flexibility index (Phi) is 9.33. The van der Waals surface area contributed by atoms with Gasteiger partial charge in [-0.2, -0.15) is 0 Å². The predicted octanol–water partition coefficient (Wildman–Crippen LogP) is 4.31. The van der Waals surface area contributed by atoms with Crippen LogP contribution in [0, 0.1) is 17.3 Å². The molecule has 0 aliphatic carbocycles. The zero-order chi connectivity index (χ0) is 31.0. The summed E-state index contributed by atoms with van der Waals surface area (Å²) in [6.07, 6.45) is -0.974. The first-order valence-corrected chi connectivity index (χ1v) is 14.8. The van der Waals surface area contributed by atoms with Crippen LogP contribution in [-0.2, 0) is 33.3 Å². The number of fused-ring (bicyclic) bond motifs is 2. The lowest BCUT2D eigenvalue weighted by atomic mass is 9.66. The van der Waals surface area contributed by atoms with Crippen molar-refractivity contribution in [2.45, 2.75) is 116 Å². The summed E-state index contributed by atoms with van der Waals surface area (Å²) >= 11 is 0. The van der Waals surface area contributed by atoms with Gasteiger partial charge in [0.05, 0.1) is 37.2 Å². The molecule has 0 saturated carbocycles. The Morgan fingerprint density at radius 3 is 2.48 bits per heavy atom. The molecule has 1 aromatic rings. The number of ether oxygens (including phenoxy) is 5. The molecule has 0 aromatic heterocycles. The van der Waals surface area contributed by atoms with E-state index in [0.29, 0.717) is 12.8 Å². The van der Waals surface area contributed by atoms with E-state index in [0.717, 1.165) is 11.6 Å². The molecule has 9 atom stereocenters. The number of hydrogen-bond acceptors (Lipinski definition) is 10. The van der Waals surface area contributed by atoms with E-state index in [2.05, 4.69) is 6.92 Å². The second-order valence-corrected chi connectivity index (χ2v) is 13.2. The van der Waals surface area contributed by atoms with Crippen LogP contribution in [0.1, 0.15) is 85.3 Å². The van der Waals surface area contributed by atoms with Gasteiger partial charge in [-0.1, -0.05) is 39.8 Å². The van der Waals surface area contributed by atoms with Crippen LogP contribution >= 0.6 is 0 Å². The maximum atomic E-state index is 13.1. The fourth-order valence-corrected chi connectivity index (χ4v) is 6.72. The number of aromatic hydroxyl groups is 1. The lowest BCUT2D eigenvalue weighted by Crippen LogP contribution is -2.65. The van der Waals surface area contributed by atoms with Crippen LogP contribution < -0.4 is 0 Å². The van der Waals surface area contributed by atoms with Crippen molar-refractivity contribution in [3.8, 4) is 5.75 Å². The van der Waals surface area contributed by atoms with Crippen LogP contribution in [-0.4, -0.2) is 70.2 Å². The Morgan fingerprint density at radius 1 is 1.12 bits per heavy atom. The minimum atomic E-state index is -1.50. The molecule has 2 fully saturated rings. The van der Waals surface area contributed by atoms with Crippen LogP contribution in [0.2, 0.25) is 0 Å². The van der Waals surface area contributed by atoms with E-state index < -0.39 is 53.2 Å². The summed E-state index contributed by atoms with van der Waals surface area (Å²) in [6.45, 7) is 10.9. The summed E-state index contributed by atoms with van der Waals surface area (Å²) in [5, 5.41) is 31.5. The van der Waals surface area contributed by atoms with E-state index >= 15 is 0 Å². The summed E-state index contributed by atoms with van der Waals surface area (Å²) in [5.41, 5.74) is -1.37. The first-order chi connectivity index (χ1) is 19.6. The van der Waals surface area contributed by atoms with Gasteiger partial charge in [-0.15, -0.1) is 0 Å². The molecule has 3 bridgehead atoms. The monoisotopic (exact) mass is 590 g/mol. The number of hydrogen-bond donors (Lipinski definition) is 3. The third-order valence-corrected chi connectivity index (χ3v) is 9.20. The zero-order valence-electron chi connectivity index (χ0n) is 25.7. The number of methoxy groups -OCH3 is 1. The molecule has 10 nitrogen and oxygen atoms in total. The maximum absolute atomic E-state index is 13.1. The van der Waals surface area contributed by atoms with Crippen molar-refractivity contribution in [2.24, 2.45) is 17.3 Å². The number of phenolic OH excluding ortho intramolecular Hbond substituents is 1. The molecule has 42 heavy (non-hydrogen) atoms. The van der Waals surface area contributed by atoms with Crippen LogP contribution in [0.5, 0.6) is 5.75 Å². The molecule has 10 heteroatoms. The third kappa shape index (κ3) is 6.61. The minimum Gasteiger partial charge on any atom is -0.508 e. The van der Waals surface area contributed by atoms with E-state index in [1.807, 2.05) is 26.8 Å². The SMILES string of the molecule is COC(CCC(C)C1OC23CC(OC(=O)CC(C(C)O)OC(=O)C=C(O2)C(C)(O)CC3(C)C)C1C)c1cccc(O)c1. The topological polar surface area (TPSA) is 141 Å². The molecular weight excluding hydrogens is 544 g/mol. The number of cyclic esters (lactones) is 1. The highest BCUT2D eigenvalue weighted by Gasteiger charge is 2.63. The Labute approximate surface area is 247 Å². The number of esters is 2. The zero-order valence-corrected chi connectivity index (χ0v) is 25.7. The van der Waals surface area contributed by atoms with Crippen molar-refractivity contribution in [3.05, 3.63) is 41.7 Å². The van der Waals surface area contributed by atoms with E-state index in [-0.39, 0.29) is 48.7 Å². The second kappa shape index (κ2) is 12.1. The maximum Gasteiger partial charge on any atom is 0.334 e. The van der Waals surface area contributed by atoms with Crippen LogP contribution in [0.4, 0.5) is 0 Å². The fourth-order valence-electron chi connectivity index (χ4n) is 6.72. The molecule has 1 aromatic carbocycles. The normalized spacial score (nSPS) is 35.2. The van der Waals surface area contributed by atoms with Gasteiger partial charge in [0.25, 0.3) is 0 Å². The van der Waals surface area contributed by atoms with Crippen molar-refractivity contribution < 1.29 is 48.6 Å². The Morgan fingerprint density at radius 2 is 1.83 bits per heavy atom. The van der Waals surface area contributed by atoms with E-state index in [1.54, 1.807) is 32.2 Å². The molecule has 2 saturated heterocycles. The average Bonchev–Trinajstić information content (AvgIpc) is 2.88. The Hall–Kier alpha value is -2.66. The molecule has 1 spiro atoms. The van der Waals surface area contributed by atoms with E-state index in [1.165, 1.54) is 6.92 Å². The second-order valence-electron chi connectivity index (χ2n) is 13.2. The van der Waals surface area contributed by atoms with Gasteiger partial charge in [-0.05, 0) is 56.7 Å². The fraction of sp³-hybridized carbons (Fsp3) is 0.688. The summed E-state index contributed by atoms with van der Waals surface area (Å²) in [6, 6.07) is 7.00. The molecular formula is C32H46O10. The molecule has 3 aliphatic rings. The first kappa shape index (κ1) is 32.3. The third-order valence-electron chi connectivity index (χ3n) is 9.20. The highest BCUT2D eigenvalue weighted by molar-refractivity contribution is 5.83. The number of carbonyl (C=O) groups is 2. The molecule has 0 amide bonds. The van der Waals surface area contributed by atoms with Gasteiger partial charge in [0, 0.05) is 18.4 Å². The molecule has 0 radical (unpaired) electrons. The van der Waals surface area contributed by atoms with Crippen molar-refractivity contribution in [1.82, 2.24) is 0 Å².